The number of rotatable bonds is 4. The lowest BCUT2D eigenvalue weighted by atomic mass is 10.0. The number of hydrogen-bond acceptors (Lipinski definition) is 3. The van der Waals surface area contributed by atoms with Gasteiger partial charge in [-0.2, -0.15) is 5.10 Å². The molecule has 0 aliphatic heterocycles. The topological polar surface area (TPSA) is 43.6 Å². The van der Waals surface area contributed by atoms with Crippen molar-refractivity contribution in [2.75, 3.05) is 0 Å². The lowest BCUT2D eigenvalue weighted by Crippen LogP contribution is -2.03. The summed E-state index contributed by atoms with van der Waals surface area (Å²) in [6.45, 7) is 0.234. The lowest BCUT2D eigenvalue weighted by Gasteiger charge is -2.05. The molecule has 6 heteroatoms. The van der Waals surface area contributed by atoms with Gasteiger partial charge in [-0.25, -0.2) is 18.7 Å². The van der Waals surface area contributed by atoms with E-state index in [9.17, 15) is 8.78 Å². The zero-order chi connectivity index (χ0) is 17.9. The molecule has 0 aliphatic rings. The van der Waals surface area contributed by atoms with Gasteiger partial charge in [0.15, 0.2) is 0 Å². The van der Waals surface area contributed by atoms with Crippen LogP contribution in [0.25, 0.3) is 22.4 Å². The van der Waals surface area contributed by atoms with E-state index in [1.54, 1.807) is 23.3 Å². The van der Waals surface area contributed by atoms with Crippen molar-refractivity contribution < 1.29 is 8.78 Å². The molecule has 128 valence electrons. The van der Waals surface area contributed by atoms with Crippen molar-refractivity contribution in [3.63, 3.8) is 0 Å². The van der Waals surface area contributed by atoms with E-state index in [1.807, 2.05) is 30.3 Å². The van der Waals surface area contributed by atoms with Crippen LogP contribution >= 0.6 is 0 Å². The SMILES string of the molecule is Fc1ccc(Cn2ccc(-c3cccc(-c4cncnc4)c3)n2)c(F)c1. The van der Waals surface area contributed by atoms with Gasteiger partial charge in [0.1, 0.15) is 18.0 Å². The van der Waals surface area contributed by atoms with Gasteiger partial charge in [-0.05, 0) is 23.8 Å². The molecule has 0 atom stereocenters. The number of benzene rings is 2. The van der Waals surface area contributed by atoms with Crippen molar-refractivity contribution in [1.29, 1.82) is 0 Å². The summed E-state index contributed by atoms with van der Waals surface area (Å²) >= 11 is 0. The molecule has 2 aromatic carbocycles. The van der Waals surface area contributed by atoms with Gasteiger partial charge in [-0.3, -0.25) is 4.68 Å². The molecule has 0 aliphatic carbocycles. The van der Waals surface area contributed by atoms with E-state index < -0.39 is 11.6 Å². The smallest absolute Gasteiger partial charge is 0.131 e. The van der Waals surface area contributed by atoms with Crippen LogP contribution in [-0.4, -0.2) is 19.7 Å². The second-order valence-corrected chi connectivity index (χ2v) is 5.84. The van der Waals surface area contributed by atoms with Crippen LogP contribution < -0.4 is 0 Å². The van der Waals surface area contributed by atoms with E-state index >= 15 is 0 Å². The van der Waals surface area contributed by atoms with E-state index in [1.165, 1.54) is 18.5 Å². The molecule has 0 saturated carbocycles. The molecule has 0 bridgehead atoms. The van der Waals surface area contributed by atoms with Crippen LogP contribution in [0.15, 0.2) is 73.4 Å². The van der Waals surface area contributed by atoms with E-state index in [0.717, 1.165) is 28.5 Å². The third-order valence-electron chi connectivity index (χ3n) is 4.04. The van der Waals surface area contributed by atoms with Crippen LogP contribution in [0.3, 0.4) is 0 Å². The molecule has 4 rings (SSSR count). The van der Waals surface area contributed by atoms with E-state index in [0.29, 0.717) is 5.56 Å². The predicted octanol–water partition coefficient (Wildman–Crippen LogP) is 4.33. The molecule has 0 fully saturated rings. The summed E-state index contributed by atoms with van der Waals surface area (Å²) < 4.78 is 28.5. The van der Waals surface area contributed by atoms with Crippen molar-refractivity contribution >= 4 is 0 Å². The van der Waals surface area contributed by atoms with Crippen LogP contribution in [0.1, 0.15) is 5.56 Å². The van der Waals surface area contributed by atoms with Gasteiger partial charge >= 0.3 is 0 Å². The monoisotopic (exact) mass is 348 g/mol. The Morgan fingerprint density at radius 2 is 1.65 bits per heavy atom. The fourth-order valence-electron chi connectivity index (χ4n) is 2.73. The van der Waals surface area contributed by atoms with E-state index in [2.05, 4.69) is 15.1 Å². The Labute approximate surface area is 148 Å². The quantitative estimate of drug-likeness (QED) is 0.551. The molecule has 0 amide bonds. The molecule has 4 aromatic rings. The zero-order valence-corrected chi connectivity index (χ0v) is 13.7. The molecular weight excluding hydrogens is 334 g/mol. The van der Waals surface area contributed by atoms with Gasteiger partial charge in [-0.1, -0.05) is 24.3 Å². The second kappa shape index (κ2) is 6.84. The molecule has 2 aromatic heterocycles. The molecule has 0 radical (unpaired) electrons. The highest BCUT2D eigenvalue weighted by atomic mass is 19.1. The normalized spacial score (nSPS) is 10.8. The third-order valence-corrected chi connectivity index (χ3v) is 4.04. The van der Waals surface area contributed by atoms with Crippen LogP contribution in [0, 0.1) is 11.6 Å². The van der Waals surface area contributed by atoms with Gasteiger partial charge in [0.05, 0.1) is 12.2 Å². The minimum Gasteiger partial charge on any atom is -0.268 e. The average molecular weight is 348 g/mol. The first kappa shape index (κ1) is 16.1. The van der Waals surface area contributed by atoms with Gasteiger partial charge in [0.25, 0.3) is 0 Å². The van der Waals surface area contributed by atoms with Crippen LogP contribution in [0.5, 0.6) is 0 Å². The Kier molecular flexibility index (Phi) is 4.23. The third kappa shape index (κ3) is 3.35. The Hall–Kier alpha value is -3.41. The summed E-state index contributed by atoms with van der Waals surface area (Å²) in [6, 6.07) is 13.3. The highest BCUT2D eigenvalue weighted by molar-refractivity contribution is 5.70. The maximum absolute atomic E-state index is 13.8. The van der Waals surface area contributed by atoms with Crippen LogP contribution in [0.4, 0.5) is 8.78 Å². The Bertz CT molecular complexity index is 1040. The number of halogens is 2. The maximum Gasteiger partial charge on any atom is 0.131 e. The van der Waals surface area contributed by atoms with Gasteiger partial charge < -0.3 is 0 Å². The molecule has 4 nitrogen and oxygen atoms in total. The fraction of sp³-hybridized carbons (Fsp3) is 0.0500. The summed E-state index contributed by atoms with van der Waals surface area (Å²) in [7, 11) is 0. The average Bonchev–Trinajstić information content (AvgIpc) is 3.14. The van der Waals surface area contributed by atoms with E-state index in [-0.39, 0.29) is 6.54 Å². The first-order valence-electron chi connectivity index (χ1n) is 8.02. The first-order valence-corrected chi connectivity index (χ1v) is 8.02. The minimum absolute atomic E-state index is 0.234. The summed E-state index contributed by atoms with van der Waals surface area (Å²) in [5.41, 5.74) is 4.00. The largest absolute Gasteiger partial charge is 0.268 e. The predicted molar refractivity (Wildman–Crippen MR) is 94.1 cm³/mol. The Morgan fingerprint density at radius 3 is 2.46 bits per heavy atom. The Balaban J connectivity index is 1.60. The van der Waals surface area contributed by atoms with Crippen molar-refractivity contribution in [2.24, 2.45) is 0 Å². The highest BCUT2D eigenvalue weighted by Crippen LogP contribution is 2.24. The standard InChI is InChI=1S/C20H14F2N4/c21-18-5-4-16(19(22)9-18)12-26-7-6-20(25-26)15-3-1-2-14(8-15)17-10-23-13-24-11-17/h1-11,13H,12H2. The summed E-state index contributed by atoms with van der Waals surface area (Å²) in [5, 5.41) is 4.50. The van der Waals surface area contributed by atoms with Gasteiger partial charge in [-0.15, -0.1) is 0 Å². The number of aromatic nitrogens is 4. The fourth-order valence-corrected chi connectivity index (χ4v) is 2.73. The van der Waals surface area contributed by atoms with E-state index in [4.69, 9.17) is 0 Å². The molecule has 0 N–H and O–H groups in total. The molecule has 26 heavy (non-hydrogen) atoms. The van der Waals surface area contributed by atoms with Crippen molar-refractivity contribution in [3.8, 4) is 22.4 Å². The van der Waals surface area contributed by atoms with Gasteiger partial charge in [0.2, 0.25) is 0 Å². The van der Waals surface area contributed by atoms with Crippen LogP contribution in [0.2, 0.25) is 0 Å². The number of nitrogens with zero attached hydrogens (tertiary/aromatic N) is 4. The first-order chi connectivity index (χ1) is 12.7. The highest BCUT2D eigenvalue weighted by Gasteiger charge is 2.08. The van der Waals surface area contributed by atoms with Crippen molar-refractivity contribution in [2.45, 2.75) is 6.54 Å². The van der Waals surface area contributed by atoms with Gasteiger partial charge in [0, 0.05) is 41.3 Å². The van der Waals surface area contributed by atoms with Crippen LogP contribution in [-0.2, 0) is 6.54 Å². The molecule has 2 heterocycles. The molecule has 0 saturated heterocycles. The summed E-state index contributed by atoms with van der Waals surface area (Å²) in [4.78, 5) is 8.07. The van der Waals surface area contributed by atoms with Crippen molar-refractivity contribution in [1.82, 2.24) is 19.7 Å². The molecule has 0 spiro atoms. The maximum atomic E-state index is 13.8. The minimum atomic E-state index is -0.589. The zero-order valence-electron chi connectivity index (χ0n) is 13.7. The second-order valence-electron chi connectivity index (χ2n) is 5.84. The lowest BCUT2D eigenvalue weighted by molar-refractivity contribution is 0.558. The molecular formula is C20H14F2N4. The summed E-state index contributed by atoms with van der Waals surface area (Å²) in [5.74, 6) is -1.16. The van der Waals surface area contributed by atoms with Crippen molar-refractivity contribution in [3.05, 3.63) is 90.6 Å². The number of hydrogen-bond donors (Lipinski definition) is 0. The molecule has 0 unspecified atom stereocenters. The Morgan fingerprint density at radius 1 is 0.846 bits per heavy atom. The summed E-state index contributed by atoms with van der Waals surface area (Å²) in [6.07, 6.45) is 6.77.